The number of nitrogens with one attached hydrogen (secondary N) is 1. The van der Waals surface area contributed by atoms with E-state index in [0.717, 1.165) is 38.3 Å². The third-order valence-corrected chi connectivity index (χ3v) is 4.60. The first-order chi connectivity index (χ1) is 9.88. The van der Waals surface area contributed by atoms with Gasteiger partial charge in [0.15, 0.2) is 15.6 Å². The van der Waals surface area contributed by atoms with Crippen molar-refractivity contribution in [1.29, 1.82) is 0 Å². The zero-order chi connectivity index (χ0) is 15.5. The van der Waals surface area contributed by atoms with Crippen LogP contribution in [0.1, 0.15) is 12.8 Å². The molecule has 0 amide bonds. The molecule has 0 unspecified atom stereocenters. The van der Waals surface area contributed by atoms with E-state index in [4.69, 9.17) is 4.74 Å². The van der Waals surface area contributed by atoms with Crippen molar-refractivity contribution in [1.82, 2.24) is 5.32 Å². The Bertz CT molecular complexity index is 623. The largest absolute Gasteiger partial charge is 0.487 e. The summed E-state index contributed by atoms with van der Waals surface area (Å²) in [5, 5.41) is 14.3. The fourth-order valence-electron chi connectivity index (χ4n) is 2.25. The van der Waals surface area contributed by atoms with Gasteiger partial charge in [0.25, 0.3) is 0 Å². The second-order valence-electron chi connectivity index (χ2n) is 5.16. The number of nitro groups is 1. The van der Waals surface area contributed by atoms with Gasteiger partial charge in [-0.05, 0) is 44.0 Å². The van der Waals surface area contributed by atoms with Crippen molar-refractivity contribution in [2.75, 3.05) is 26.0 Å². The maximum atomic E-state index is 11.5. The summed E-state index contributed by atoms with van der Waals surface area (Å²) in [7, 11) is -3.48. The van der Waals surface area contributed by atoms with Gasteiger partial charge in [-0.25, -0.2) is 8.42 Å². The standard InChI is InChI=1S/C13H18N2O5S/c1-21(18,19)11-2-3-13(12(8-11)15(16)17)20-9-10-4-6-14-7-5-10/h2-3,8,10,14H,4-7,9H2,1H3. The Labute approximate surface area is 123 Å². The molecule has 8 heteroatoms. The van der Waals surface area contributed by atoms with Gasteiger partial charge in [0, 0.05) is 12.3 Å². The number of sulfone groups is 1. The highest BCUT2D eigenvalue weighted by Crippen LogP contribution is 2.30. The molecule has 1 aromatic carbocycles. The van der Waals surface area contributed by atoms with Gasteiger partial charge in [-0.1, -0.05) is 0 Å². The average molecular weight is 314 g/mol. The molecule has 0 atom stereocenters. The molecular formula is C13H18N2O5S. The number of ether oxygens (including phenoxy) is 1. The Morgan fingerprint density at radius 3 is 2.62 bits per heavy atom. The number of rotatable bonds is 5. The van der Waals surface area contributed by atoms with Gasteiger partial charge in [0.1, 0.15) is 0 Å². The van der Waals surface area contributed by atoms with E-state index in [1.165, 1.54) is 12.1 Å². The van der Waals surface area contributed by atoms with E-state index < -0.39 is 14.8 Å². The van der Waals surface area contributed by atoms with Crippen LogP contribution < -0.4 is 10.1 Å². The smallest absolute Gasteiger partial charge is 0.312 e. The minimum Gasteiger partial charge on any atom is -0.487 e. The lowest BCUT2D eigenvalue weighted by Crippen LogP contribution is -2.30. The maximum absolute atomic E-state index is 11.5. The molecule has 0 bridgehead atoms. The van der Waals surface area contributed by atoms with Gasteiger partial charge in [0.05, 0.1) is 16.4 Å². The van der Waals surface area contributed by atoms with Crippen molar-refractivity contribution in [3.05, 3.63) is 28.3 Å². The van der Waals surface area contributed by atoms with Crippen molar-refractivity contribution >= 4 is 15.5 Å². The first-order valence-electron chi connectivity index (χ1n) is 6.70. The summed E-state index contributed by atoms with van der Waals surface area (Å²) in [6.07, 6.45) is 2.95. The topological polar surface area (TPSA) is 98.5 Å². The Balaban J connectivity index is 2.16. The summed E-state index contributed by atoms with van der Waals surface area (Å²) in [6, 6.07) is 3.74. The van der Waals surface area contributed by atoms with Gasteiger partial charge < -0.3 is 10.1 Å². The third-order valence-electron chi connectivity index (χ3n) is 3.49. The van der Waals surface area contributed by atoms with Crippen LogP contribution in [0.15, 0.2) is 23.1 Å². The highest BCUT2D eigenvalue weighted by molar-refractivity contribution is 7.90. The zero-order valence-corrected chi connectivity index (χ0v) is 12.6. The van der Waals surface area contributed by atoms with Gasteiger partial charge in [-0.2, -0.15) is 0 Å². The minimum absolute atomic E-state index is 0.0802. The SMILES string of the molecule is CS(=O)(=O)c1ccc(OCC2CCNCC2)c([N+](=O)[O-])c1. The number of nitro benzene ring substituents is 1. The molecule has 116 valence electrons. The van der Waals surface area contributed by atoms with E-state index in [-0.39, 0.29) is 16.3 Å². The van der Waals surface area contributed by atoms with Crippen LogP contribution >= 0.6 is 0 Å². The first-order valence-corrected chi connectivity index (χ1v) is 8.59. The van der Waals surface area contributed by atoms with E-state index in [0.29, 0.717) is 12.5 Å². The van der Waals surface area contributed by atoms with E-state index >= 15 is 0 Å². The van der Waals surface area contributed by atoms with E-state index in [1.807, 2.05) is 0 Å². The van der Waals surface area contributed by atoms with Crippen LogP contribution in [0, 0.1) is 16.0 Å². The molecule has 1 N–H and O–H groups in total. The molecule has 0 radical (unpaired) electrons. The van der Waals surface area contributed by atoms with Gasteiger partial charge in [-0.15, -0.1) is 0 Å². The Morgan fingerprint density at radius 1 is 1.38 bits per heavy atom. The molecule has 1 fully saturated rings. The Morgan fingerprint density at radius 2 is 2.05 bits per heavy atom. The van der Waals surface area contributed by atoms with Crippen molar-refractivity contribution in [3.8, 4) is 5.75 Å². The van der Waals surface area contributed by atoms with Crippen LogP contribution in [-0.2, 0) is 9.84 Å². The van der Waals surface area contributed by atoms with Crippen LogP contribution in [0.25, 0.3) is 0 Å². The minimum atomic E-state index is -3.48. The summed E-state index contributed by atoms with van der Waals surface area (Å²) >= 11 is 0. The lowest BCUT2D eigenvalue weighted by molar-refractivity contribution is -0.386. The second kappa shape index (κ2) is 6.40. The van der Waals surface area contributed by atoms with Crippen molar-refractivity contribution in [2.45, 2.75) is 17.7 Å². The van der Waals surface area contributed by atoms with Crippen LogP contribution in [0.2, 0.25) is 0 Å². The third kappa shape index (κ3) is 4.15. The van der Waals surface area contributed by atoms with Crippen molar-refractivity contribution < 1.29 is 18.1 Å². The number of hydrogen-bond acceptors (Lipinski definition) is 6. The van der Waals surface area contributed by atoms with Crippen molar-refractivity contribution in [2.24, 2.45) is 5.92 Å². The molecule has 1 aromatic rings. The highest BCUT2D eigenvalue weighted by Gasteiger charge is 2.21. The summed E-state index contributed by atoms with van der Waals surface area (Å²) in [6.45, 7) is 2.24. The number of benzene rings is 1. The molecule has 0 aromatic heterocycles. The molecule has 21 heavy (non-hydrogen) atoms. The zero-order valence-electron chi connectivity index (χ0n) is 11.7. The van der Waals surface area contributed by atoms with Crippen LogP contribution in [-0.4, -0.2) is 39.3 Å². The van der Waals surface area contributed by atoms with E-state index in [9.17, 15) is 18.5 Å². The monoisotopic (exact) mass is 314 g/mol. The molecule has 1 heterocycles. The number of nitrogens with zero attached hydrogens (tertiary/aromatic N) is 1. The molecule has 2 rings (SSSR count). The number of piperidine rings is 1. The predicted molar refractivity (Wildman–Crippen MR) is 77.3 cm³/mol. The summed E-state index contributed by atoms with van der Waals surface area (Å²) in [4.78, 5) is 10.4. The quantitative estimate of drug-likeness (QED) is 0.651. The van der Waals surface area contributed by atoms with Gasteiger partial charge in [-0.3, -0.25) is 10.1 Å². The predicted octanol–water partition coefficient (Wildman–Crippen LogP) is 1.38. The molecule has 1 aliphatic rings. The van der Waals surface area contributed by atoms with Gasteiger partial charge in [0.2, 0.25) is 0 Å². The molecule has 0 saturated carbocycles. The molecule has 1 aliphatic heterocycles. The summed E-state index contributed by atoms with van der Waals surface area (Å²) < 4.78 is 28.4. The highest BCUT2D eigenvalue weighted by atomic mass is 32.2. The van der Waals surface area contributed by atoms with E-state index in [2.05, 4.69) is 5.32 Å². The van der Waals surface area contributed by atoms with E-state index in [1.54, 1.807) is 0 Å². The molecule has 1 saturated heterocycles. The molecule has 0 aliphatic carbocycles. The first kappa shape index (κ1) is 15.7. The van der Waals surface area contributed by atoms with Crippen molar-refractivity contribution in [3.63, 3.8) is 0 Å². The van der Waals surface area contributed by atoms with Crippen LogP contribution in [0.5, 0.6) is 5.75 Å². The van der Waals surface area contributed by atoms with Crippen LogP contribution in [0.4, 0.5) is 5.69 Å². The average Bonchev–Trinajstić information content (AvgIpc) is 2.45. The lowest BCUT2D eigenvalue weighted by atomic mass is 9.99. The number of hydrogen-bond donors (Lipinski definition) is 1. The lowest BCUT2D eigenvalue weighted by Gasteiger charge is -2.22. The normalized spacial score (nSPS) is 16.6. The Kier molecular flexibility index (Phi) is 4.79. The molecule has 7 nitrogen and oxygen atoms in total. The Hall–Kier alpha value is -1.67. The molecule has 0 spiro atoms. The van der Waals surface area contributed by atoms with Crippen LogP contribution in [0.3, 0.4) is 0 Å². The molecular weight excluding hydrogens is 296 g/mol. The summed E-state index contributed by atoms with van der Waals surface area (Å²) in [5.41, 5.74) is -0.313. The maximum Gasteiger partial charge on any atom is 0.312 e. The second-order valence-corrected chi connectivity index (χ2v) is 7.18. The van der Waals surface area contributed by atoms with Gasteiger partial charge >= 0.3 is 5.69 Å². The fourth-order valence-corrected chi connectivity index (χ4v) is 2.89. The summed E-state index contributed by atoms with van der Waals surface area (Å²) in [5.74, 6) is 0.478. The fraction of sp³-hybridized carbons (Fsp3) is 0.538.